The molecule has 1 aromatic heterocycles. The highest BCUT2D eigenvalue weighted by atomic mass is 35.5. The van der Waals surface area contributed by atoms with Gasteiger partial charge in [0.15, 0.2) is 0 Å². The third-order valence-corrected chi connectivity index (χ3v) is 5.05. The lowest BCUT2D eigenvalue weighted by atomic mass is 9.81. The summed E-state index contributed by atoms with van der Waals surface area (Å²) < 4.78 is 17.1. The molecule has 3 rings (SSSR count). The number of ether oxygens (including phenoxy) is 3. The molecule has 0 fully saturated rings. The molecule has 1 unspecified atom stereocenters. The lowest BCUT2D eigenvalue weighted by molar-refractivity contribution is -0.138. The van der Waals surface area contributed by atoms with Crippen LogP contribution in [0.1, 0.15) is 37.8 Å². The summed E-state index contributed by atoms with van der Waals surface area (Å²) in [7, 11) is 0. The molecule has 0 radical (unpaired) electrons. The van der Waals surface area contributed by atoms with Gasteiger partial charge in [-0.15, -0.1) is 0 Å². The number of esters is 1. The largest absolute Gasteiger partial charge is 0.475 e. The number of nitrogens with one attached hydrogen (secondary N) is 1. The molecular weight excluding hydrogens is 418 g/mol. The first-order chi connectivity index (χ1) is 15.0. The Morgan fingerprint density at radius 1 is 1.29 bits per heavy atom. The van der Waals surface area contributed by atoms with Crippen LogP contribution in [0.15, 0.2) is 47.8 Å². The van der Waals surface area contributed by atoms with Crippen LogP contribution in [0.3, 0.4) is 0 Å². The Bertz CT molecular complexity index is 962. The van der Waals surface area contributed by atoms with Gasteiger partial charge in [0.2, 0.25) is 5.88 Å². The zero-order valence-corrected chi connectivity index (χ0v) is 18.7. The Morgan fingerprint density at radius 2 is 2.06 bits per heavy atom. The number of nitrogens with zero attached hydrogens (tertiary/aromatic N) is 1. The van der Waals surface area contributed by atoms with Crippen LogP contribution in [-0.4, -0.2) is 43.4 Å². The van der Waals surface area contributed by atoms with Crippen molar-refractivity contribution in [3.05, 3.63) is 63.9 Å². The first-order valence-corrected chi connectivity index (χ1v) is 10.7. The maximum Gasteiger partial charge on any atom is 0.336 e. The standard InChI is InChI=1S/C23H28ClN3O4/c1-4-30-23(28)21-18(13-29-12-10-25)27-17-9-11-26-22(31-14(2)3)20(17)19(21)15-7-5-6-8-16(15)24/h5-9,11,14,19,27H,4,10,12-13,25H2,1-3H3. The molecule has 166 valence electrons. The maximum atomic E-state index is 13.2. The zero-order valence-electron chi connectivity index (χ0n) is 18.0. The average molecular weight is 446 g/mol. The smallest absolute Gasteiger partial charge is 0.336 e. The van der Waals surface area contributed by atoms with Crippen LogP contribution < -0.4 is 15.8 Å². The van der Waals surface area contributed by atoms with E-state index in [0.29, 0.717) is 35.3 Å². The van der Waals surface area contributed by atoms with Crippen molar-refractivity contribution in [2.75, 3.05) is 31.7 Å². The van der Waals surface area contributed by atoms with E-state index in [1.54, 1.807) is 19.2 Å². The molecule has 0 bridgehead atoms. The molecule has 3 N–H and O–H groups in total. The van der Waals surface area contributed by atoms with E-state index in [9.17, 15) is 4.79 Å². The number of carbonyl (C=O) groups excluding carboxylic acids is 1. The fraction of sp³-hybridized carbons (Fsp3) is 0.391. The quantitative estimate of drug-likeness (QED) is 0.446. The molecule has 2 aromatic rings. The molecule has 0 saturated heterocycles. The SMILES string of the molecule is CCOC(=O)C1=C(COCCN)Nc2ccnc(OC(C)C)c2C1c1ccccc1Cl. The highest BCUT2D eigenvalue weighted by molar-refractivity contribution is 6.31. The third kappa shape index (κ3) is 5.18. The number of anilines is 1. The molecule has 8 heteroatoms. The second-order valence-corrected chi connectivity index (χ2v) is 7.68. The third-order valence-electron chi connectivity index (χ3n) is 4.71. The van der Waals surface area contributed by atoms with E-state index >= 15 is 0 Å². The molecule has 1 atom stereocenters. The van der Waals surface area contributed by atoms with Gasteiger partial charge in [0.25, 0.3) is 0 Å². The minimum atomic E-state index is -0.539. The van der Waals surface area contributed by atoms with Gasteiger partial charge >= 0.3 is 5.97 Å². The molecule has 0 aliphatic carbocycles. The first kappa shape index (κ1) is 23.1. The molecule has 1 aliphatic rings. The van der Waals surface area contributed by atoms with E-state index in [1.165, 1.54) is 0 Å². The Balaban J connectivity index is 2.24. The van der Waals surface area contributed by atoms with Gasteiger partial charge in [-0.1, -0.05) is 29.8 Å². The number of hydrogen-bond acceptors (Lipinski definition) is 7. The monoisotopic (exact) mass is 445 g/mol. The van der Waals surface area contributed by atoms with Crippen LogP contribution in [0.25, 0.3) is 0 Å². The van der Waals surface area contributed by atoms with E-state index in [0.717, 1.165) is 16.8 Å². The number of hydrogen-bond donors (Lipinski definition) is 2. The summed E-state index contributed by atoms with van der Waals surface area (Å²) >= 11 is 6.60. The van der Waals surface area contributed by atoms with E-state index in [4.69, 9.17) is 31.5 Å². The van der Waals surface area contributed by atoms with Crippen molar-refractivity contribution in [2.45, 2.75) is 32.8 Å². The van der Waals surface area contributed by atoms with Gasteiger partial charge in [0.05, 0.1) is 48.7 Å². The zero-order chi connectivity index (χ0) is 22.4. The molecule has 0 amide bonds. The summed E-state index contributed by atoms with van der Waals surface area (Å²) in [5, 5.41) is 3.86. The van der Waals surface area contributed by atoms with E-state index in [-0.39, 0.29) is 19.3 Å². The van der Waals surface area contributed by atoms with Crippen LogP contribution in [-0.2, 0) is 14.3 Å². The van der Waals surface area contributed by atoms with Gasteiger partial charge in [-0.05, 0) is 38.5 Å². The molecule has 2 heterocycles. The number of carbonyl (C=O) groups is 1. The summed E-state index contributed by atoms with van der Waals surface area (Å²) in [4.78, 5) is 17.6. The second kappa shape index (κ2) is 10.6. The van der Waals surface area contributed by atoms with Gasteiger partial charge in [0, 0.05) is 23.5 Å². The normalized spacial score (nSPS) is 15.5. The molecule has 7 nitrogen and oxygen atoms in total. The first-order valence-electron chi connectivity index (χ1n) is 10.3. The summed E-state index contributed by atoms with van der Waals surface area (Å²) in [5.74, 6) is -0.548. The van der Waals surface area contributed by atoms with Gasteiger partial charge in [0.1, 0.15) is 0 Å². The van der Waals surface area contributed by atoms with Crippen LogP contribution in [0.5, 0.6) is 5.88 Å². The number of fused-ring (bicyclic) bond motifs is 1. The van der Waals surface area contributed by atoms with E-state index < -0.39 is 11.9 Å². The van der Waals surface area contributed by atoms with E-state index in [2.05, 4.69) is 10.3 Å². The number of aromatic nitrogens is 1. The lowest BCUT2D eigenvalue weighted by Crippen LogP contribution is -2.29. The molecule has 0 saturated carbocycles. The van der Waals surface area contributed by atoms with Crippen LogP contribution >= 0.6 is 11.6 Å². The van der Waals surface area contributed by atoms with Gasteiger partial charge in [-0.25, -0.2) is 9.78 Å². The van der Waals surface area contributed by atoms with Crippen molar-refractivity contribution in [3.8, 4) is 5.88 Å². The van der Waals surface area contributed by atoms with Gasteiger partial charge in [-0.2, -0.15) is 0 Å². The fourth-order valence-electron chi connectivity index (χ4n) is 3.55. The van der Waals surface area contributed by atoms with Crippen LogP contribution in [0.4, 0.5) is 5.69 Å². The van der Waals surface area contributed by atoms with E-state index in [1.807, 2.05) is 38.1 Å². The van der Waals surface area contributed by atoms with Gasteiger partial charge < -0.3 is 25.3 Å². The summed E-state index contributed by atoms with van der Waals surface area (Å²) in [6.45, 7) is 6.78. The number of benzene rings is 1. The Labute approximate surface area is 187 Å². The highest BCUT2D eigenvalue weighted by Gasteiger charge is 2.38. The maximum absolute atomic E-state index is 13.2. The molecule has 0 spiro atoms. The number of nitrogens with two attached hydrogens (primary N) is 1. The van der Waals surface area contributed by atoms with Gasteiger partial charge in [-0.3, -0.25) is 0 Å². The van der Waals surface area contributed by atoms with Crippen LogP contribution in [0, 0.1) is 0 Å². The van der Waals surface area contributed by atoms with Crippen molar-refractivity contribution in [2.24, 2.45) is 5.73 Å². The second-order valence-electron chi connectivity index (χ2n) is 7.28. The topological polar surface area (TPSA) is 95.7 Å². The van der Waals surface area contributed by atoms with Crippen molar-refractivity contribution in [1.29, 1.82) is 0 Å². The molecule has 1 aromatic carbocycles. The van der Waals surface area contributed by atoms with Crippen LogP contribution in [0.2, 0.25) is 5.02 Å². The van der Waals surface area contributed by atoms with Crippen molar-refractivity contribution < 1.29 is 19.0 Å². The molecule has 1 aliphatic heterocycles. The van der Waals surface area contributed by atoms with Crippen molar-refractivity contribution in [3.63, 3.8) is 0 Å². The molecular formula is C23H28ClN3O4. The summed E-state index contributed by atoms with van der Waals surface area (Å²) in [5.41, 5.74) is 8.85. The summed E-state index contributed by atoms with van der Waals surface area (Å²) in [6.07, 6.45) is 1.57. The fourth-order valence-corrected chi connectivity index (χ4v) is 3.79. The number of rotatable bonds is 9. The lowest BCUT2D eigenvalue weighted by Gasteiger charge is -2.32. The minimum absolute atomic E-state index is 0.102. The Hall–Kier alpha value is -2.61. The Morgan fingerprint density at radius 3 is 2.74 bits per heavy atom. The minimum Gasteiger partial charge on any atom is -0.475 e. The average Bonchev–Trinajstić information content (AvgIpc) is 2.73. The highest BCUT2D eigenvalue weighted by Crippen LogP contribution is 2.47. The predicted molar refractivity (Wildman–Crippen MR) is 120 cm³/mol. The van der Waals surface area contributed by atoms with Crippen molar-refractivity contribution in [1.82, 2.24) is 4.98 Å². The summed E-state index contributed by atoms with van der Waals surface area (Å²) in [6, 6.07) is 9.27. The van der Waals surface area contributed by atoms with Crippen molar-refractivity contribution >= 4 is 23.3 Å². The number of pyridine rings is 1. The Kier molecular flexibility index (Phi) is 7.90. The predicted octanol–water partition coefficient (Wildman–Crippen LogP) is 3.87. The number of halogens is 1. The molecule has 31 heavy (non-hydrogen) atoms.